The molecule has 1 fully saturated rings. The van der Waals surface area contributed by atoms with Gasteiger partial charge in [-0.15, -0.1) is 24.0 Å². The second kappa shape index (κ2) is 9.40. The molecule has 3 rings (SSSR count). The van der Waals surface area contributed by atoms with Crippen LogP contribution in [0.1, 0.15) is 12.6 Å². The normalized spacial score (nSPS) is 15.1. The molecule has 0 spiro atoms. The topological polar surface area (TPSA) is 85.3 Å². The van der Waals surface area contributed by atoms with Gasteiger partial charge in [0.25, 0.3) is 0 Å². The minimum absolute atomic E-state index is 0. The maximum atomic E-state index is 4.69. The van der Waals surface area contributed by atoms with Gasteiger partial charge in [-0.3, -0.25) is 5.10 Å². The molecule has 0 unspecified atom stereocenters. The molecule has 0 saturated carbocycles. The van der Waals surface area contributed by atoms with Crippen LogP contribution in [0.5, 0.6) is 0 Å². The monoisotopic (exact) mass is 442 g/mol. The van der Waals surface area contributed by atoms with Gasteiger partial charge in [0, 0.05) is 51.3 Å². The van der Waals surface area contributed by atoms with Crippen molar-refractivity contribution in [2.75, 3.05) is 37.6 Å². The first kappa shape index (κ1) is 18.4. The van der Waals surface area contributed by atoms with Gasteiger partial charge in [0.1, 0.15) is 0 Å². The molecule has 3 heterocycles. The number of aliphatic imine (C=N–C) groups is 1. The molecule has 1 saturated heterocycles. The summed E-state index contributed by atoms with van der Waals surface area (Å²) in [5, 5.41) is 10.3. The first-order valence-corrected chi connectivity index (χ1v) is 7.90. The number of hydrogen-bond acceptors (Lipinski definition) is 5. The fraction of sp³-hybridized carbons (Fsp3) is 0.467. The molecule has 1 aliphatic heterocycles. The fourth-order valence-corrected chi connectivity index (χ4v) is 2.53. The average Bonchev–Trinajstić information content (AvgIpc) is 3.13. The molecule has 0 bridgehead atoms. The summed E-state index contributed by atoms with van der Waals surface area (Å²) in [5.74, 6) is 1.74. The first-order chi connectivity index (χ1) is 11.4. The molecular weight excluding hydrogens is 419 g/mol. The van der Waals surface area contributed by atoms with Crippen molar-refractivity contribution in [2.45, 2.75) is 13.5 Å². The van der Waals surface area contributed by atoms with Gasteiger partial charge in [0.15, 0.2) is 5.96 Å². The molecule has 0 aliphatic carbocycles. The maximum absolute atomic E-state index is 4.69. The second-order valence-electron chi connectivity index (χ2n) is 5.27. The third-order valence-electron chi connectivity index (χ3n) is 3.71. The highest BCUT2D eigenvalue weighted by Crippen LogP contribution is 2.10. The standard InChI is InChI=1S/C15H22N8.HI/c1-2-16-14(19-12-13-4-7-20-21-13)22-8-10-23(11-9-22)15-17-5-3-6-18-15;/h3-7H,2,8-12H2,1H3,(H,16,19)(H,20,21);1H. The summed E-state index contributed by atoms with van der Waals surface area (Å²) < 4.78 is 0. The Bertz CT molecular complexity index is 608. The number of anilines is 1. The van der Waals surface area contributed by atoms with Crippen LogP contribution >= 0.6 is 24.0 Å². The molecule has 2 N–H and O–H groups in total. The molecular formula is C15H23IN8. The smallest absolute Gasteiger partial charge is 0.225 e. The van der Waals surface area contributed by atoms with Crippen molar-refractivity contribution in [2.24, 2.45) is 4.99 Å². The fourth-order valence-electron chi connectivity index (χ4n) is 2.53. The number of H-pyrrole nitrogens is 1. The Labute approximate surface area is 158 Å². The van der Waals surface area contributed by atoms with Gasteiger partial charge >= 0.3 is 0 Å². The Morgan fingerprint density at radius 3 is 2.58 bits per heavy atom. The summed E-state index contributed by atoms with van der Waals surface area (Å²) in [6.07, 6.45) is 5.31. The highest BCUT2D eigenvalue weighted by Gasteiger charge is 2.20. The number of aromatic nitrogens is 4. The summed E-state index contributed by atoms with van der Waals surface area (Å²) in [4.78, 5) is 17.8. The van der Waals surface area contributed by atoms with Crippen molar-refractivity contribution in [3.8, 4) is 0 Å². The van der Waals surface area contributed by atoms with Gasteiger partial charge in [-0.25, -0.2) is 15.0 Å². The summed E-state index contributed by atoms with van der Waals surface area (Å²) in [5.41, 5.74) is 1.01. The van der Waals surface area contributed by atoms with Crippen LogP contribution in [0.4, 0.5) is 5.95 Å². The lowest BCUT2D eigenvalue weighted by Gasteiger charge is -2.36. The van der Waals surface area contributed by atoms with E-state index in [1.54, 1.807) is 18.6 Å². The van der Waals surface area contributed by atoms with Crippen LogP contribution in [0.15, 0.2) is 35.7 Å². The van der Waals surface area contributed by atoms with Gasteiger partial charge < -0.3 is 15.1 Å². The van der Waals surface area contributed by atoms with E-state index in [4.69, 9.17) is 0 Å². The average molecular weight is 442 g/mol. The van der Waals surface area contributed by atoms with Crippen molar-refractivity contribution < 1.29 is 0 Å². The third-order valence-corrected chi connectivity index (χ3v) is 3.71. The summed E-state index contributed by atoms with van der Waals surface area (Å²) in [6, 6.07) is 3.78. The first-order valence-electron chi connectivity index (χ1n) is 7.90. The number of rotatable bonds is 4. The molecule has 130 valence electrons. The number of guanidine groups is 1. The van der Waals surface area contributed by atoms with Crippen molar-refractivity contribution in [1.29, 1.82) is 0 Å². The minimum Gasteiger partial charge on any atom is -0.357 e. The molecule has 24 heavy (non-hydrogen) atoms. The van der Waals surface area contributed by atoms with E-state index in [1.807, 2.05) is 12.1 Å². The van der Waals surface area contributed by atoms with Crippen molar-refractivity contribution in [1.82, 2.24) is 30.4 Å². The minimum atomic E-state index is 0. The Kier molecular flexibility index (Phi) is 7.22. The largest absolute Gasteiger partial charge is 0.357 e. The van der Waals surface area contributed by atoms with E-state index in [-0.39, 0.29) is 24.0 Å². The van der Waals surface area contributed by atoms with Crippen LogP contribution in [0.3, 0.4) is 0 Å². The number of piperazine rings is 1. The summed E-state index contributed by atoms with van der Waals surface area (Å²) >= 11 is 0. The van der Waals surface area contributed by atoms with Gasteiger partial charge in [-0.05, 0) is 19.1 Å². The van der Waals surface area contributed by atoms with E-state index in [0.717, 1.165) is 50.3 Å². The third kappa shape index (κ3) is 4.79. The number of aromatic amines is 1. The molecule has 8 nitrogen and oxygen atoms in total. The predicted molar refractivity (Wildman–Crippen MR) is 105 cm³/mol. The Balaban J connectivity index is 0.00000208. The van der Waals surface area contributed by atoms with E-state index in [1.165, 1.54) is 0 Å². The Morgan fingerprint density at radius 1 is 1.21 bits per heavy atom. The van der Waals surface area contributed by atoms with Gasteiger partial charge in [0.05, 0.1) is 12.2 Å². The number of hydrogen-bond donors (Lipinski definition) is 2. The lowest BCUT2D eigenvalue weighted by Crippen LogP contribution is -2.53. The molecule has 0 atom stereocenters. The van der Waals surface area contributed by atoms with Crippen LogP contribution in [0, 0.1) is 0 Å². The molecule has 0 radical (unpaired) electrons. The number of nitrogens with zero attached hydrogens (tertiary/aromatic N) is 6. The molecule has 0 aromatic carbocycles. The zero-order valence-corrected chi connectivity index (χ0v) is 16.1. The highest BCUT2D eigenvalue weighted by molar-refractivity contribution is 14.0. The van der Waals surface area contributed by atoms with Crippen LogP contribution in [-0.4, -0.2) is 63.7 Å². The Hall–Kier alpha value is -1.91. The molecule has 2 aromatic heterocycles. The molecule has 2 aromatic rings. The van der Waals surface area contributed by atoms with Crippen LogP contribution in [-0.2, 0) is 6.54 Å². The van der Waals surface area contributed by atoms with Crippen LogP contribution in [0.2, 0.25) is 0 Å². The second-order valence-corrected chi connectivity index (χ2v) is 5.27. The van der Waals surface area contributed by atoms with E-state index in [9.17, 15) is 0 Å². The van der Waals surface area contributed by atoms with Crippen LogP contribution < -0.4 is 10.2 Å². The van der Waals surface area contributed by atoms with Gasteiger partial charge in [0.2, 0.25) is 5.95 Å². The molecule has 9 heteroatoms. The van der Waals surface area contributed by atoms with E-state index < -0.39 is 0 Å². The van der Waals surface area contributed by atoms with E-state index >= 15 is 0 Å². The lowest BCUT2D eigenvalue weighted by molar-refractivity contribution is 0.370. The zero-order valence-electron chi connectivity index (χ0n) is 13.7. The van der Waals surface area contributed by atoms with E-state index in [0.29, 0.717) is 6.54 Å². The Morgan fingerprint density at radius 2 is 1.96 bits per heavy atom. The van der Waals surface area contributed by atoms with Crippen molar-refractivity contribution in [3.63, 3.8) is 0 Å². The maximum Gasteiger partial charge on any atom is 0.225 e. The molecule has 0 amide bonds. The zero-order chi connectivity index (χ0) is 15.9. The van der Waals surface area contributed by atoms with Crippen LogP contribution in [0.25, 0.3) is 0 Å². The molecule has 1 aliphatic rings. The van der Waals surface area contributed by atoms with Gasteiger partial charge in [-0.2, -0.15) is 5.10 Å². The van der Waals surface area contributed by atoms with E-state index in [2.05, 4.69) is 47.2 Å². The predicted octanol–water partition coefficient (Wildman–Crippen LogP) is 1.11. The van der Waals surface area contributed by atoms with Crippen molar-refractivity contribution in [3.05, 3.63) is 36.4 Å². The quantitative estimate of drug-likeness (QED) is 0.419. The number of nitrogens with one attached hydrogen (secondary N) is 2. The summed E-state index contributed by atoms with van der Waals surface area (Å²) in [6.45, 7) is 7.10. The lowest BCUT2D eigenvalue weighted by atomic mass is 10.3. The highest BCUT2D eigenvalue weighted by atomic mass is 127. The SMILES string of the molecule is CCNC(=NCc1ccn[nH]1)N1CCN(c2ncccn2)CC1.I. The van der Waals surface area contributed by atoms with Gasteiger partial charge in [-0.1, -0.05) is 0 Å². The summed E-state index contributed by atoms with van der Waals surface area (Å²) in [7, 11) is 0. The van der Waals surface area contributed by atoms with Crippen molar-refractivity contribution >= 4 is 35.9 Å². The number of halogens is 1.